The summed E-state index contributed by atoms with van der Waals surface area (Å²) in [6.45, 7) is 3.08. The molecule has 0 N–H and O–H groups in total. The highest BCUT2D eigenvalue weighted by Crippen LogP contribution is 2.32. The lowest BCUT2D eigenvalue weighted by atomic mass is 10.0. The van der Waals surface area contributed by atoms with E-state index in [1.165, 1.54) is 0 Å². The van der Waals surface area contributed by atoms with E-state index in [0.717, 1.165) is 64.6 Å². The minimum atomic E-state index is 0.0115. The number of fused-ring (bicyclic) bond motifs is 3. The van der Waals surface area contributed by atoms with Crippen LogP contribution >= 0.6 is 0 Å². The third-order valence-corrected chi connectivity index (χ3v) is 6.68. The molecule has 5 rings (SSSR count). The minimum Gasteiger partial charge on any atom is -0.494 e. The van der Waals surface area contributed by atoms with Crippen LogP contribution < -0.4 is 10.4 Å². The molecule has 0 amide bonds. The fourth-order valence-electron chi connectivity index (χ4n) is 4.80. The van der Waals surface area contributed by atoms with Gasteiger partial charge in [-0.3, -0.25) is 14.1 Å². The minimum absolute atomic E-state index is 0.0115. The van der Waals surface area contributed by atoms with Gasteiger partial charge in [0.25, 0.3) is 0 Å². The predicted octanol–water partition coefficient (Wildman–Crippen LogP) is 4.24. The molecule has 34 heavy (non-hydrogen) atoms. The standard InChI is InChI=1S/C27H32N4O3/c1-29(2)13-4-14-34-22-8-5-19(6-9-22)20-7-10-24-23(17-20)26-25(18-28-24)30(3)27(32)31(26)21-11-15-33-16-12-21/h5-10,17-18,21H,4,11-16H2,1-3H3. The lowest BCUT2D eigenvalue weighted by molar-refractivity contribution is 0.0697. The van der Waals surface area contributed by atoms with Gasteiger partial charge in [-0.25, -0.2) is 4.79 Å². The van der Waals surface area contributed by atoms with E-state index in [4.69, 9.17) is 9.47 Å². The third kappa shape index (κ3) is 4.33. The Morgan fingerprint density at radius 2 is 1.82 bits per heavy atom. The highest BCUT2D eigenvalue weighted by molar-refractivity contribution is 6.04. The summed E-state index contributed by atoms with van der Waals surface area (Å²) in [5.41, 5.74) is 4.93. The van der Waals surface area contributed by atoms with Crippen LogP contribution in [0.5, 0.6) is 5.75 Å². The van der Waals surface area contributed by atoms with E-state index in [1.54, 1.807) is 4.57 Å². The van der Waals surface area contributed by atoms with Crippen LogP contribution in [-0.4, -0.2) is 59.5 Å². The van der Waals surface area contributed by atoms with Crippen LogP contribution in [0, 0.1) is 0 Å². The highest BCUT2D eigenvalue weighted by atomic mass is 16.5. The number of ether oxygens (including phenoxy) is 2. The summed E-state index contributed by atoms with van der Waals surface area (Å²) in [6, 6.07) is 14.7. The van der Waals surface area contributed by atoms with Gasteiger partial charge in [-0.1, -0.05) is 18.2 Å². The normalized spacial score (nSPS) is 14.9. The molecule has 0 aliphatic carbocycles. The summed E-state index contributed by atoms with van der Waals surface area (Å²) >= 11 is 0. The summed E-state index contributed by atoms with van der Waals surface area (Å²) in [5, 5.41) is 1.00. The molecule has 178 valence electrons. The molecule has 0 spiro atoms. The zero-order chi connectivity index (χ0) is 23.7. The van der Waals surface area contributed by atoms with Gasteiger partial charge < -0.3 is 14.4 Å². The van der Waals surface area contributed by atoms with Crippen molar-refractivity contribution in [2.24, 2.45) is 7.05 Å². The van der Waals surface area contributed by atoms with E-state index in [2.05, 4.69) is 48.2 Å². The number of benzene rings is 2. The highest BCUT2D eigenvalue weighted by Gasteiger charge is 2.23. The van der Waals surface area contributed by atoms with Crippen molar-refractivity contribution in [3.63, 3.8) is 0 Å². The van der Waals surface area contributed by atoms with E-state index in [0.29, 0.717) is 19.8 Å². The van der Waals surface area contributed by atoms with Crippen molar-refractivity contribution >= 4 is 21.9 Å². The molecule has 1 aliphatic rings. The zero-order valence-electron chi connectivity index (χ0n) is 20.2. The number of nitrogens with zero attached hydrogens (tertiary/aromatic N) is 4. The molecule has 0 unspecified atom stereocenters. The molecule has 4 aromatic rings. The van der Waals surface area contributed by atoms with Crippen molar-refractivity contribution in [3.8, 4) is 16.9 Å². The van der Waals surface area contributed by atoms with Gasteiger partial charge in [0, 0.05) is 38.2 Å². The van der Waals surface area contributed by atoms with E-state index in [-0.39, 0.29) is 11.7 Å². The van der Waals surface area contributed by atoms with Crippen LogP contribution in [0.15, 0.2) is 53.5 Å². The largest absolute Gasteiger partial charge is 0.494 e. The van der Waals surface area contributed by atoms with Crippen molar-refractivity contribution in [3.05, 3.63) is 59.1 Å². The Labute approximate surface area is 199 Å². The zero-order valence-corrected chi connectivity index (χ0v) is 20.2. The molecule has 1 saturated heterocycles. The quantitative estimate of drug-likeness (QED) is 0.386. The lowest BCUT2D eigenvalue weighted by Gasteiger charge is -2.23. The average Bonchev–Trinajstić information content (AvgIpc) is 3.12. The number of pyridine rings is 1. The topological polar surface area (TPSA) is 61.5 Å². The number of rotatable bonds is 7. The number of hydrogen-bond acceptors (Lipinski definition) is 5. The van der Waals surface area contributed by atoms with Crippen molar-refractivity contribution < 1.29 is 9.47 Å². The Morgan fingerprint density at radius 3 is 2.56 bits per heavy atom. The first-order valence-electron chi connectivity index (χ1n) is 12.0. The van der Waals surface area contributed by atoms with Crippen LogP contribution in [-0.2, 0) is 11.8 Å². The Bertz CT molecular complexity index is 1350. The van der Waals surface area contributed by atoms with Crippen molar-refractivity contribution in [1.29, 1.82) is 0 Å². The Kier molecular flexibility index (Phi) is 6.39. The number of imidazole rings is 1. The number of hydrogen-bond donors (Lipinski definition) is 0. The summed E-state index contributed by atoms with van der Waals surface area (Å²) in [7, 11) is 5.97. The Morgan fingerprint density at radius 1 is 1.09 bits per heavy atom. The molecule has 1 aliphatic heterocycles. The molecular formula is C27H32N4O3. The van der Waals surface area contributed by atoms with Gasteiger partial charge in [-0.05, 0) is 68.8 Å². The molecule has 1 fully saturated rings. The van der Waals surface area contributed by atoms with Crippen LogP contribution in [0.4, 0.5) is 0 Å². The van der Waals surface area contributed by atoms with E-state index >= 15 is 0 Å². The molecule has 7 heteroatoms. The van der Waals surface area contributed by atoms with Gasteiger partial charge >= 0.3 is 5.69 Å². The number of aryl methyl sites for hydroxylation is 1. The molecule has 0 saturated carbocycles. The molecule has 0 bridgehead atoms. The average molecular weight is 461 g/mol. The first-order valence-corrected chi connectivity index (χ1v) is 12.0. The Balaban J connectivity index is 1.51. The number of aromatic nitrogens is 3. The maximum absolute atomic E-state index is 13.2. The Hall–Kier alpha value is -3.16. The third-order valence-electron chi connectivity index (χ3n) is 6.68. The maximum Gasteiger partial charge on any atom is 0.329 e. The van der Waals surface area contributed by atoms with Crippen molar-refractivity contribution in [1.82, 2.24) is 19.0 Å². The van der Waals surface area contributed by atoms with Gasteiger partial charge in [0.2, 0.25) is 0 Å². The van der Waals surface area contributed by atoms with Gasteiger partial charge in [0.15, 0.2) is 0 Å². The predicted molar refractivity (Wildman–Crippen MR) is 136 cm³/mol. The SMILES string of the molecule is CN(C)CCCOc1ccc(-c2ccc3ncc4c(c3c2)n(C2CCOCC2)c(=O)n4C)cc1. The van der Waals surface area contributed by atoms with E-state index in [9.17, 15) is 4.79 Å². The molecule has 0 atom stereocenters. The van der Waals surface area contributed by atoms with Crippen molar-refractivity contribution in [2.75, 3.05) is 40.5 Å². The van der Waals surface area contributed by atoms with Crippen LogP contribution in [0.1, 0.15) is 25.3 Å². The summed E-state index contributed by atoms with van der Waals surface area (Å²) in [6.07, 6.45) is 4.50. The first-order chi connectivity index (χ1) is 16.5. The maximum atomic E-state index is 13.2. The van der Waals surface area contributed by atoms with E-state index in [1.807, 2.05) is 36.0 Å². The fourth-order valence-corrected chi connectivity index (χ4v) is 4.80. The molecule has 0 radical (unpaired) electrons. The monoisotopic (exact) mass is 460 g/mol. The molecule has 3 heterocycles. The van der Waals surface area contributed by atoms with Crippen LogP contribution in [0.3, 0.4) is 0 Å². The fraction of sp³-hybridized carbons (Fsp3) is 0.407. The first kappa shape index (κ1) is 22.6. The lowest BCUT2D eigenvalue weighted by Crippen LogP contribution is -2.29. The summed E-state index contributed by atoms with van der Waals surface area (Å²) < 4.78 is 15.1. The van der Waals surface area contributed by atoms with Crippen LogP contribution in [0.2, 0.25) is 0 Å². The van der Waals surface area contributed by atoms with Gasteiger partial charge in [0.05, 0.1) is 29.4 Å². The van der Waals surface area contributed by atoms with Gasteiger partial charge in [0.1, 0.15) is 5.75 Å². The second-order valence-electron chi connectivity index (χ2n) is 9.31. The summed E-state index contributed by atoms with van der Waals surface area (Å²) in [4.78, 5) is 20.0. The van der Waals surface area contributed by atoms with Gasteiger partial charge in [-0.2, -0.15) is 0 Å². The molecular weight excluding hydrogens is 428 g/mol. The molecule has 2 aromatic carbocycles. The molecule has 7 nitrogen and oxygen atoms in total. The second-order valence-corrected chi connectivity index (χ2v) is 9.31. The van der Waals surface area contributed by atoms with Crippen molar-refractivity contribution in [2.45, 2.75) is 25.3 Å². The molecule has 2 aromatic heterocycles. The summed E-state index contributed by atoms with van der Waals surface area (Å²) in [5.74, 6) is 0.878. The van der Waals surface area contributed by atoms with Crippen LogP contribution in [0.25, 0.3) is 33.1 Å². The van der Waals surface area contributed by atoms with Gasteiger partial charge in [-0.15, -0.1) is 0 Å². The second kappa shape index (κ2) is 9.60. The smallest absolute Gasteiger partial charge is 0.329 e. The van der Waals surface area contributed by atoms with E-state index < -0.39 is 0 Å².